The Balaban J connectivity index is 1.82. The van der Waals surface area contributed by atoms with Crippen molar-refractivity contribution in [2.24, 2.45) is 0 Å². The van der Waals surface area contributed by atoms with Gasteiger partial charge in [-0.15, -0.1) is 0 Å². The maximum Gasteiger partial charge on any atom is 0.329 e. The first-order chi connectivity index (χ1) is 11.5. The van der Waals surface area contributed by atoms with Crippen molar-refractivity contribution in [1.82, 2.24) is 4.31 Å². The third-order valence-electron chi connectivity index (χ3n) is 3.86. The van der Waals surface area contributed by atoms with Crippen molar-refractivity contribution in [2.75, 3.05) is 6.54 Å². The van der Waals surface area contributed by atoms with E-state index in [9.17, 15) is 13.2 Å². The second kappa shape index (κ2) is 6.93. The third kappa shape index (κ3) is 3.45. The van der Waals surface area contributed by atoms with Gasteiger partial charge in [-0.05, 0) is 49.2 Å². The van der Waals surface area contributed by atoms with Crippen LogP contribution in [-0.4, -0.2) is 31.3 Å². The Kier molecular flexibility index (Phi) is 4.89. The van der Waals surface area contributed by atoms with Gasteiger partial charge in [-0.3, -0.25) is 0 Å². The first kappa shape index (κ1) is 17.0. The number of hydrogen-bond donors (Lipinski definition) is 0. The summed E-state index contributed by atoms with van der Waals surface area (Å²) in [6.45, 7) is 0.291. The minimum absolute atomic E-state index is 0.117. The number of halogens is 1. The minimum atomic E-state index is -3.77. The topological polar surface area (TPSA) is 63.7 Å². The van der Waals surface area contributed by atoms with E-state index < -0.39 is 22.0 Å². The van der Waals surface area contributed by atoms with E-state index in [1.807, 2.05) is 6.07 Å². The highest BCUT2D eigenvalue weighted by Gasteiger charge is 2.40. The molecule has 0 radical (unpaired) electrons. The number of rotatable bonds is 4. The summed E-state index contributed by atoms with van der Waals surface area (Å²) in [5.41, 5.74) is 0. The van der Waals surface area contributed by atoms with Crippen molar-refractivity contribution in [3.63, 3.8) is 0 Å². The normalized spacial score (nSPS) is 18.5. The van der Waals surface area contributed by atoms with Gasteiger partial charge in [0, 0.05) is 11.6 Å². The second-order valence-corrected chi connectivity index (χ2v) is 7.79. The van der Waals surface area contributed by atoms with E-state index in [2.05, 4.69) is 0 Å². The van der Waals surface area contributed by atoms with Crippen LogP contribution in [0.2, 0.25) is 5.02 Å². The Morgan fingerprint density at radius 1 is 1.08 bits per heavy atom. The molecule has 1 heterocycles. The van der Waals surface area contributed by atoms with Crippen LogP contribution in [0.4, 0.5) is 0 Å². The molecule has 126 valence electrons. The lowest BCUT2D eigenvalue weighted by Gasteiger charge is -2.22. The molecule has 0 N–H and O–H groups in total. The molecule has 3 rings (SSSR count). The summed E-state index contributed by atoms with van der Waals surface area (Å²) in [6.07, 6.45) is 1.06. The van der Waals surface area contributed by atoms with Crippen LogP contribution >= 0.6 is 11.6 Å². The van der Waals surface area contributed by atoms with E-state index in [0.29, 0.717) is 30.2 Å². The number of hydrogen-bond acceptors (Lipinski definition) is 4. The maximum atomic E-state index is 12.8. The number of para-hydroxylation sites is 1. The molecule has 5 nitrogen and oxygen atoms in total. The summed E-state index contributed by atoms with van der Waals surface area (Å²) in [4.78, 5) is 12.5. The molecular weight excluding hydrogens is 350 g/mol. The number of benzene rings is 2. The van der Waals surface area contributed by atoms with E-state index in [-0.39, 0.29) is 4.90 Å². The summed E-state index contributed by atoms with van der Waals surface area (Å²) in [5.74, 6) is -0.158. The molecule has 1 atom stereocenters. The third-order valence-corrected chi connectivity index (χ3v) is 6.03. The van der Waals surface area contributed by atoms with Gasteiger partial charge in [0.2, 0.25) is 10.0 Å². The predicted molar refractivity (Wildman–Crippen MR) is 90.4 cm³/mol. The summed E-state index contributed by atoms with van der Waals surface area (Å²) in [7, 11) is -3.77. The van der Waals surface area contributed by atoms with Gasteiger partial charge in [-0.1, -0.05) is 29.8 Å². The molecule has 0 amide bonds. The fourth-order valence-corrected chi connectivity index (χ4v) is 4.45. The highest BCUT2D eigenvalue weighted by atomic mass is 35.5. The quantitative estimate of drug-likeness (QED) is 0.617. The number of esters is 1. The SMILES string of the molecule is O=C(Oc1ccccc1)[C@@H]1CCCN1S(=O)(=O)c1ccc(Cl)cc1. The average Bonchev–Trinajstić information content (AvgIpc) is 3.07. The zero-order valence-corrected chi connectivity index (χ0v) is 14.3. The Labute approximate surface area is 145 Å². The van der Waals surface area contributed by atoms with Crippen molar-refractivity contribution >= 4 is 27.6 Å². The zero-order valence-electron chi connectivity index (χ0n) is 12.8. The van der Waals surface area contributed by atoms with Crippen LogP contribution in [0.25, 0.3) is 0 Å². The average molecular weight is 366 g/mol. The molecule has 24 heavy (non-hydrogen) atoms. The molecular formula is C17H16ClNO4S. The number of ether oxygens (including phenoxy) is 1. The molecule has 1 fully saturated rings. The number of carbonyl (C=O) groups is 1. The summed E-state index contributed by atoms with van der Waals surface area (Å²) >= 11 is 5.81. The van der Waals surface area contributed by atoms with Crippen molar-refractivity contribution < 1.29 is 17.9 Å². The minimum Gasteiger partial charge on any atom is -0.425 e. The van der Waals surface area contributed by atoms with Gasteiger partial charge in [-0.2, -0.15) is 4.31 Å². The van der Waals surface area contributed by atoms with E-state index in [1.165, 1.54) is 28.6 Å². The Morgan fingerprint density at radius 3 is 2.42 bits per heavy atom. The highest BCUT2D eigenvalue weighted by molar-refractivity contribution is 7.89. The smallest absolute Gasteiger partial charge is 0.329 e. The Morgan fingerprint density at radius 2 is 1.75 bits per heavy atom. The van der Waals surface area contributed by atoms with Gasteiger partial charge in [0.15, 0.2) is 0 Å². The monoisotopic (exact) mass is 365 g/mol. The predicted octanol–water partition coefficient (Wildman–Crippen LogP) is 3.10. The van der Waals surface area contributed by atoms with Crippen LogP contribution in [0.15, 0.2) is 59.5 Å². The molecule has 0 spiro atoms. The summed E-state index contributed by atoms with van der Waals surface area (Å²) in [6, 6.07) is 13.7. The van der Waals surface area contributed by atoms with Crippen molar-refractivity contribution in [3.8, 4) is 5.75 Å². The van der Waals surface area contributed by atoms with E-state index in [4.69, 9.17) is 16.3 Å². The largest absolute Gasteiger partial charge is 0.425 e. The molecule has 1 aliphatic heterocycles. The lowest BCUT2D eigenvalue weighted by atomic mass is 10.2. The number of carbonyl (C=O) groups excluding carboxylic acids is 1. The molecule has 0 unspecified atom stereocenters. The molecule has 2 aromatic rings. The first-order valence-corrected chi connectivity index (χ1v) is 9.34. The van der Waals surface area contributed by atoms with Gasteiger partial charge in [0.25, 0.3) is 0 Å². The van der Waals surface area contributed by atoms with Gasteiger partial charge in [0.05, 0.1) is 4.90 Å². The standard InChI is InChI=1S/C17H16ClNO4S/c18-13-8-10-15(11-9-13)24(21,22)19-12-4-7-16(19)17(20)23-14-5-2-1-3-6-14/h1-3,5-6,8-11,16H,4,7,12H2/t16-/m0/s1. The molecule has 0 saturated carbocycles. The second-order valence-electron chi connectivity index (χ2n) is 5.46. The van der Waals surface area contributed by atoms with Crippen LogP contribution in [-0.2, 0) is 14.8 Å². The molecule has 0 bridgehead atoms. The fourth-order valence-electron chi connectivity index (χ4n) is 2.68. The van der Waals surface area contributed by atoms with Crippen LogP contribution in [0.1, 0.15) is 12.8 Å². The Hall–Kier alpha value is -1.89. The lowest BCUT2D eigenvalue weighted by Crippen LogP contribution is -2.42. The van der Waals surface area contributed by atoms with Gasteiger partial charge in [0.1, 0.15) is 11.8 Å². The first-order valence-electron chi connectivity index (χ1n) is 7.52. The molecule has 1 aliphatic rings. The molecule has 1 saturated heterocycles. The highest BCUT2D eigenvalue weighted by Crippen LogP contribution is 2.28. The summed E-state index contributed by atoms with van der Waals surface area (Å²) < 4.78 is 32.1. The molecule has 0 aromatic heterocycles. The van der Waals surface area contributed by atoms with Crippen molar-refractivity contribution in [1.29, 1.82) is 0 Å². The van der Waals surface area contributed by atoms with Crippen LogP contribution in [0.5, 0.6) is 5.75 Å². The molecule has 2 aromatic carbocycles. The van der Waals surface area contributed by atoms with Gasteiger partial charge >= 0.3 is 5.97 Å². The lowest BCUT2D eigenvalue weighted by molar-refractivity contribution is -0.137. The van der Waals surface area contributed by atoms with Crippen molar-refractivity contribution in [2.45, 2.75) is 23.8 Å². The number of sulfonamides is 1. The van der Waals surface area contributed by atoms with Crippen LogP contribution in [0.3, 0.4) is 0 Å². The van der Waals surface area contributed by atoms with E-state index in [0.717, 1.165) is 0 Å². The van der Waals surface area contributed by atoms with E-state index >= 15 is 0 Å². The van der Waals surface area contributed by atoms with Crippen LogP contribution < -0.4 is 4.74 Å². The van der Waals surface area contributed by atoms with E-state index in [1.54, 1.807) is 24.3 Å². The maximum absolute atomic E-state index is 12.8. The molecule has 0 aliphatic carbocycles. The number of nitrogens with zero attached hydrogens (tertiary/aromatic N) is 1. The van der Waals surface area contributed by atoms with Crippen LogP contribution in [0, 0.1) is 0 Å². The zero-order chi connectivity index (χ0) is 17.2. The van der Waals surface area contributed by atoms with Gasteiger partial charge in [-0.25, -0.2) is 13.2 Å². The molecule has 7 heteroatoms. The Bertz CT molecular complexity index is 821. The fraction of sp³-hybridized carbons (Fsp3) is 0.235. The van der Waals surface area contributed by atoms with Crippen molar-refractivity contribution in [3.05, 3.63) is 59.6 Å². The summed E-state index contributed by atoms with van der Waals surface area (Å²) in [5, 5.41) is 0.454. The van der Waals surface area contributed by atoms with Gasteiger partial charge < -0.3 is 4.74 Å².